The van der Waals surface area contributed by atoms with Crippen LogP contribution in [-0.4, -0.2) is 33.6 Å². The molecule has 102 valence electrons. The molecule has 0 amide bonds. The fourth-order valence-corrected chi connectivity index (χ4v) is 2.62. The van der Waals surface area contributed by atoms with Crippen LogP contribution in [0.25, 0.3) is 0 Å². The highest BCUT2D eigenvalue weighted by Gasteiger charge is 2.19. The average Bonchev–Trinajstić information content (AvgIpc) is 2.29. The summed E-state index contributed by atoms with van der Waals surface area (Å²) >= 11 is 0. The maximum Gasteiger partial charge on any atom is 0.147 e. The fraction of sp³-hybridized carbons (Fsp3) is 0.538. The number of sulfone groups is 1. The first-order valence-electron chi connectivity index (χ1n) is 5.95. The normalized spacial score (nSPS) is 15.3. The van der Waals surface area contributed by atoms with Crippen molar-refractivity contribution < 1.29 is 13.2 Å². The van der Waals surface area contributed by atoms with Crippen molar-refractivity contribution in [2.75, 3.05) is 19.1 Å². The molecule has 5 heteroatoms. The van der Waals surface area contributed by atoms with Crippen molar-refractivity contribution in [3.63, 3.8) is 0 Å². The molecule has 0 fully saturated rings. The number of ether oxygens (including phenoxy) is 1. The molecule has 0 saturated heterocycles. The highest BCUT2D eigenvalue weighted by atomic mass is 32.2. The van der Waals surface area contributed by atoms with Gasteiger partial charge in [0.1, 0.15) is 9.84 Å². The Kier molecular flexibility index (Phi) is 5.78. The largest absolute Gasteiger partial charge is 0.375 e. The molecule has 0 heterocycles. The van der Waals surface area contributed by atoms with Crippen molar-refractivity contribution in [2.45, 2.75) is 25.0 Å². The van der Waals surface area contributed by atoms with Crippen LogP contribution in [0.4, 0.5) is 0 Å². The third kappa shape index (κ3) is 5.16. The summed E-state index contributed by atoms with van der Waals surface area (Å²) in [6, 6.07) is 9.54. The monoisotopic (exact) mass is 271 g/mol. The van der Waals surface area contributed by atoms with Crippen LogP contribution in [0.3, 0.4) is 0 Å². The van der Waals surface area contributed by atoms with Gasteiger partial charge >= 0.3 is 0 Å². The van der Waals surface area contributed by atoms with Crippen LogP contribution < -0.4 is 5.73 Å². The van der Waals surface area contributed by atoms with E-state index in [0.717, 1.165) is 5.56 Å². The van der Waals surface area contributed by atoms with E-state index >= 15 is 0 Å². The van der Waals surface area contributed by atoms with Crippen molar-refractivity contribution in [3.8, 4) is 0 Å². The zero-order valence-electron chi connectivity index (χ0n) is 10.9. The van der Waals surface area contributed by atoms with Crippen LogP contribution >= 0.6 is 0 Å². The molecule has 0 saturated carbocycles. The van der Waals surface area contributed by atoms with Gasteiger partial charge in [0.2, 0.25) is 0 Å². The van der Waals surface area contributed by atoms with Crippen molar-refractivity contribution in [3.05, 3.63) is 35.9 Å². The molecule has 0 bridgehead atoms. The number of benzene rings is 1. The minimum absolute atomic E-state index is 0.173. The number of hydrogen-bond donors (Lipinski definition) is 1. The topological polar surface area (TPSA) is 69.4 Å². The standard InChI is InChI=1S/C13H21NO3S/c1-17-13(11-7-4-3-5-8-11)12(14)9-6-10-18(2,15)16/h3-5,7-8,12-13H,6,9-10,14H2,1-2H3. The second-order valence-electron chi connectivity index (χ2n) is 4.50. The van der Waals surface area contributed by atoms with Crippen molar-refractivity contribution in [2.24, 2.45) is 5.73 Å². The molecule has 4 nitrogen and oxygen atoms in total. The van der Waals surface area contributed by atoms with E-state index < -0.39 is 9.84 Å². The van der Waals surface area contributed by atoms with Gasteiger partial charge in [0.15, 0.2) is 0 Å². The molecule has 0 radical (unpaired) electrons. The van der Waals surface area contributed by atoms with Crippen LogP contribution in [-0.2, 0) is 14.6 Å². The number of methoxy groups -OCH3 is 1. The molecule has 2 atom stereocenters. The molecule has 1 aromatic rings. The van der Waals surface area contributed by atoms with E-state index in [-0.39, 0.29) is 17.9 Å². The Morgan fingerprint density at radius 1 is 1.28 bits per heavy atom. The van der Waals surface area contributed by atoms with Gasteiger partial charge in [-0.05, 0) is 18.4 Å². The molecule has 0 aliphatic heterocycles. The summed E-state index contributed by atoms with van der Waals surface area (Å²) in [5, 5.41) is 0. The number of nitrogens with two attached hydrogens (primary N) is 1. The summed E-state index contributed by atoms with van der Waals surface area (Å²) < 4.78 is 27.5. The van der Waals surface area contributed by atoms with E-state index in [2.05, 4.69) is 0 Å². The molecule has 1 aromatic carbocycles. The summed E-state index contributed by atoms with van der Waals surface area (Å²) in [6.45, 7) is 0. The predicted octanol–water partition coefficient (Wildman–Crippen LogP) is 1.53. The molecular weight excluding hydrogens is 250 g/mol. The van der Waals surface area contributed by atoms with Crippen LogP contribution in [0.2, 0.25) is 0 Å². The Bertz CT molecular complexity index is 445. The van der Waals surface area contributed by atoms with Gasteiger partial charge < -0.3 is 10.5 Å². The second-order valence-corrected chi connectivity index (χ2v) is 6.76. The molecule has 0 aromatic heterocycles. The highest BCUT2D eigenvalue weighted by molar-refractivity contribution is 7.90. The Labute approximate surface area is 109 Å². The van der Waals surface area contributed by atoms with Crippen molar-refractivity contribution in [1.82, 2.24) is 0 Å². The quantitative estimate of drug-likeness (QED) is 0.816. The van der Waals surface area contributed by atoms with Gasteiger partial charge in [-0.3, -0.25) is 0 Å². The second kappa shape index (κ2) is 6.87. The zero-order chi connectivity index (χ0) is 13.6. The Morgan fingerprint density at radius 2 is 1.89 bits per heavy atom. The van der Waals surface area contributed by atoms with E-state index in [0.29, 0.717) is 12.8 Å². The van der Waals surface area contributed by atoms with E-state index in [1.165, 1.54) is 6.26 Å². The maximum absolute atomic E-state index is 11.1. The third-order valence-corrected chi connectivity index (χ3v) is 3.85. The average molecular weight is 271 g/mol. The van der Waals surface area contributed by atoms with Crippen molar-refractivity contribution in [1.29, 1.82) is 0 Å². The van der Waals surface area contributed by atoms with Crippen LogP contribution in [0.1, 0.15) is 24.5 Å². The lowest BCUT2D eigenvalue weighted by molar-refractivity contribution is 0.0775. The Balaban J connectivity index is 2.56. The lowest BCUT2D eigenvalue weighted by Crippen LogP contribution is -2.30. The van der Waals surface area contributed by atoms with E-state index in [9.17, 15) is 8.42 Å². The minimum Gasteiger partial charge on any atom is -0.375 e. The van der Waals surface area contributed by atoms with Gasteiger partial charge in [-0.1, -0.05) is 30.3 Å². The van der Waals surface area contributed by atoms with Crippen LogP contribution in [0.5, 0.6) is 0 Å². The van der Waals surface area contributed by atoms with Gasteiger partial charge in [0.25, 0.3) is 0 Å². The minimum atomic E-state index is -2.91. The van der Waals surface area contributed by atoms with Crippen molar-refractivity contribution >= 4 is 9.84 Å². The maximum atomic E-state index is 11.1. The first-order valence-corrected chi connectivity index (χ1v) is 8.01. The van der Waals surface area contributed by atoms with Gasteiger partial charge in [0.05, 0.1) is 6.10 Å². The molecule has 2 N–H and O–H groups in total. The summed E-state index contributed by atoms with van der Waals surface area (Å²) in [7, 11) is -1.29. The van der Waals surface area contributed by atoms with E-state index in [4.69, 9.17) is 10.5 Å². The third-order valence-electron chi connectivity index (χ3n) is 2.82. The first kappa shape index (κ1) is 15.1. The fourth-order valence-electron chi connectivity index (χ4n) is 1.93. The van der Waals surface area contributed by atoms with Crippen LogP contribution in [0.15, 0.2) is 30.3 Å². The molecule has 18 heavy (non-hydrogen) atoms. The summed E-state index contributed by atoms with van der Waals surface area (Å²) in [4.78, 5) is 0. The highest BCUT2D eigenvalue weighted by Crippen LogP contribution is 2.21. The molecule has 1 rings (SSSR count). The first-order chi connectivity index (χ1) is 8.44. The Hall–Kier alpha value is -0.910. The summed E-state index contributed by atoms with van der Waals surface area (Å²) in [5.74, 6) is 0.173. The molecule has 2 unspecified atom stereocenters. The van der Waals surface area contributed by atoms with Gasteiger partial charge in [-0.15, -0.1) is 0 Å². The Morgan fingerprint density at radius 3 is 2.39 bits per heavy atom. The van der Waals surface area contributed by atoms with Gasteiger partial charge in [-0.2, -0.15) is 0 Å². The molecule has 0 aliphatic rings. The smallest absolute Gasteiger partial charge is 0.147 e. The lowest BCUT2D eigenvalue weighted by Gasteiger charge is -2.22. The zero-order valence-corrected chi connectivity index (χ0v) is 11.7. The predicted molar refractivity (Wildman–Crippen MR) is 73.1 cm³/mol. The molecule has 0 aliphatic carbocycles. The van der Waals surface area contributed by atoms with E-state index in [1.54, 1.807) is 7.11 Å². The van der Waals surface area contributed by atoms with Crippen LogP contribution in [0, 0.1) is 0 Å². The lowest BCUT2D eigenvalue weighted by atomic mass is 9.99. The number of rotatable bonds is 7. The molecular formula is C13H21NO3S. The van der Waals surface area contributed by atoms with E-state index in [1.807, 2.05) is 30.3 Å². The molecule has 0 spiro atoms. The van der Waals surface area contributed by atoms with Gasteiger partial charge in [0, 0.05) is 25.2 Å². The number of hydrogen-bond acceptors (Lipinski definition) is 4. The SMILES string of the molecule is COC(c1ccccc1)C(N)CCCS(C)(=O)=O. The van der Waals surface area contributed by atoms with Gasteiger partial charge in [-0.25, -0.2) is 8.42 Å². The summed E-state index contributed by atoms with van der Waals surface area (Å²) in [5.41, 5.74) is 7.09. The summed E-state index contributed by atoms with van der Waals surface area (Å²) in [6.07, 6.45) is 2.24.